The second kappa shape index (κ2) is 27.2. The zero-order valence-corrected chi connectivity index (χ0v) is 39.9. The van der Waals surface area contributed by atoms with Crippen LogP contribution in [0, 0.1) is 46.3 Å². The quantitative estimate of drug-likeness (QED) is 0.0516. The molecule has 336 valence electrons. The minimum Gasteiger partial charge on any atom is -0.379 e. The van der Waals surface area contributed by atoms with Crippen LogP contribution in [0.1, 0.15) is 202 Å². The molecule has 4 aliphatic rings. The number of fused-ring (bicyclic) bond motifs is 5. The average Bonchev–Trinajstić information content (AvgIpc) is 3.55. The molecule has 0 spiro atoms. The number of allylic oxidation sites excluding steroid dienone is 5. The van der Waals surface area contributed by atoms with Crippen molar-refractivity contribution in [3.05, 3.63) is 36.0 Å². The number of ether oxygens (including phenoxy) is 3. The van der Waals surface area contributed by atoms with Crippen LogP contribution in [-0.4, -0.2) is 64.2 Å². The van der Waals surface area contributed by atoms with E-state index in [0.29, 0.717) is 23.5 Å². The zero-order chi connectivity index (χ0) is 41.6. The molecule has 4 nitrogen and oxygen atoms in total. The van der Waals surface area contributed by atoms with Crippen molar-refractivity contribution in [2.75, 3.05) is 47.1 Å². The van der Waals surface area contributed by atoms with Crippen LogP contribution in [0.2, 0.25) is 0 Å². The first kappa shape index (κ1) is 49.7. The van der Waals surface area contributed by atoms with Gasteiger partial charge < -0.3 is 19.1 Å². The van der Waals surface area contributed by atoms with Crippen molar-refractivity contribution < 1.29 is 14.2 Å². The maximum absolute atomic E-state index is 6.59. The van der Waals surface area contributed by atoms with E-state index in [4.69, 9.17) is 14.2 Å². The van der Waals surface area contributed by atoms with Gasteiger partial charge in [-0.1, -0.05) is 135 Å². The van der Waals surface area contributed by atoms with Gasteiger partial charge in [-0.3, -0.25) is 0 Å². The molecule has 0 heterocycles. The molecule has 0 aromatic carbocycles. The van der Waals surface area contributed by atoms with Gasteiger partial charge in [-0.15, -0.1) is 0 Å². The van der Waals surface area contributed by atoms with E-state index >= 15 is 0 Å². The lowest BCUT2D eigenvalue weighted by atomic mass is 9.47. The molecule has 3 fully saturated rings. The number of unbranched alkanes of at least 4 members (excludes halogenated alkanes) is 10. The molecule has 0 aromatic heterocycles. The molecule has 4 rings (SSSR count). The molecular weight excluding hydrogens is 711 g/mol. The third kappa shape index (κ3) is 16.1. The maximum Gasteiger partial charge on any atom is 0.0934 e. The Kier molecular flexibility index (Phi) is 23.3. The SMILES string of the molecule is CCCCC/C=C\C/C=C\CCCCCCCCOCC(CN(C)C)OCCCCO[C@H]1CC[C@@]2(C)C(=CCC3C4CCC(C(C)CCCC(C)C)[C@@]4(C)CCC32)C1. The van der Waals surface area contributed by atoms with Crippen LogP contribution in [0.3, 0.4) is 0 Å². The van der Waals surface area contributed by atoms with Gasteiger partial charge in [0.2, 0.25) is 0 Å². The van der Waals surface area contributed by atoms with E-state index in [-0.39, 0.29) is 6.10 Å². The van der Waals surface area contributed by atoms with Crippen LogP contribution in [0.5, 0.6) is 0 Å². The topological polar surface area (TPSA) is 30.9 Å². The summed E-state index contributed by atoms with van der Waals surface area (Å²) in [4.78, 5) is 2.23. The summed E-state index contributed by atoms with van der Waals surface area (Å²) in [6, 6.07) is 0. The normalized spacial score (nSPS) is 29.6. The monoisotopic (exact) mass is 808 g/mol. The Morgan fingerprint density at radius 1 is 0.741 bits per heavy atom. The van der Waals surface area contributed by atoms with Gasteiger partial charge in [-0.25, -0.2) is 0 Å². The first-order valence-corrected chi connectivity index (χ1v) is 25.5. The van der Waals surface area contributed by atoms with Crippen LogP contribution in [0.15, 0.2) is 36.0 Å². The molecule has 0 saturated heterocycles. The number of rotatable bonds is 31. The smallest absolute Gasteiger partial charge is 0.0934 e. The van der Waals surface area contributed by atoms with E-state index < -0.39 is 0 Å². The molecular formula is C54H97NO3. The molecule has 58 heavy (non-hydrogen) atoms. The Labute approximate surface area is 361 Å². The summed E-state index contributed by atoms with van der Waals surface area (Å²) >= 11 is 0. The predicted octanol–water partition coefficient (Wildman–Crippen LogP) is 15.0. The largest absolute Gasteiger partial charge is 0.379 e. The Balaban J connectivity index is 1.04. The van der Waals surface area contributed by atoms with Gasteiger partial charge in [0.1, 0.15) is 0 Å². The van der Waals surface area contributed by atoms with Crippen LogP contribution in [-0.2, 0) is 14.2 Å². The zero-order valence-electron chi connectivity index (χ0n) is 39.9. The fourth-order valence-corrected chi connectivity index (χ4v) is 12.5. The van der Waals surface area contributed by atoms with Gasteiger partial charge in [-0.05, 0) is 163 Å². The molecule has 0 aliphatic heterocycles. The van der Waals surface area contributed by atoms with Gasteiger partial charge in [0.15, 0.2) is 0 Å². The second-order valence-electron chi connectivity index (χ2n) is 21.1. The van der Waals surface area contributed by atoms with Crippen molar-refractivity contribution in [2.24, 2.45) is 46.3 Å². The molecule has 0 radical (unpaired) electrons. The highest BCUT2D eigenvalue weighted by atomic mass is 16.5. The van der Waals surface area contributed by atoms with E-state index in [1.807, 2.05) is 0 Å². The predicted molar refractivity (Wildman–Crippen MR) is 250 cm³/mol. The van der Waals surface area contributed by atoms with Crippen molar-refractivity contribution >= 4 is 0 Å². The highest BCUT2D eigenvalue weighted by Crippen LogP contribution is 2.67. The summed E-state index contributed by atoms with van der Waals surface area (Å²) in [7, 11) is 4.27. The first-order valence-electron chi connectivity index (χ1n) is 25.5. The third-order valence-electron chi connectivity index (χ3n) is 15.9. The van der Waals surface area contributed by atoms with Crippen molar-refractivity contribution in [3.63, 3.8) is 0 Å². The highest BCUT2D eigenvalue weighted by molar-refractivity contribution is 5.25. The minimum absolute atomic E-state index is 0.143. The summed E-state index contributed by atoms with van der Waals surface area (Å²) < 4.78 is 19.1. The summed E-state index contributed by atoms with van der Waals surface area (Å²) in [6.45, 7) is 19.2. The Hall–Kier alpha value is -0.940. The molecule has 0 aromatic rings. The van der Waals surface area contributed by atoms with Gasteiger partial charge in [0.05, 0.1) is 18.8 Å². The van der Waals surface area contributed by atoms with E-state index in [1.54, 1.807) is 5.57 Å². The minimum atomic E-state index is 0.143. The Morgan fingerprint density at radius 2 is 1.45 bits per heavy atom. The lowest BCUT2D eigenvalue weighted by Crippen LogP contribution is -2.51. The number of hydrogen-bond donors (Lipinski definition) is 0. The molecule has 9 atom stereocenters. The molecule has 4 heteroatoms. The molecule has 4 aliphatic carbocycles. The van der Waals surface area contributed by atoms with Gasteiger partial charge in [0.25, 0.3) is 0 Å². The van der Waals surface area contributed by atoms with E-state index in [0.717, 1.165) is 87.6 Å². The van der Waals surface area contributed by atoms with Gasteiger partial charge in [-0.2, -0.15) is 0 Å². The van der Waals surface area contributed by atoms with Crippen LogP contribution in [0.4, 0.5) is 0 Å². The van der Waals surface area contributed by atoms with E-state index in [1.165, 1.54) is 135 Å². The highest BCUT2D eigenvalue weighted by Gasteiger charge is 2.59. The van der Waals surface area contributed by atoms with Crippen LogP contribution >= 0.6 is 0 Å². The fraction of sp³-hybridized carbons (Fsp3) is 0.889. The lowest BCUT2D eigenvalue weighted by molar-refractivity contribution is -0.0648. The number of nitrogens with zero attached hydrogens (tertiary/aromatic N) is 1. The number of likely N-dealkylation sites (N-methyl/N-ethyl adjacent to an activating group) is 1. The molecule has 0 amide bonds. The molecule has 0 bridgehead atoms. The van der Waals surface area contributed by atoms with Crippen molar-refractivity contribution in [1.82, 2.24) is 4.90 Å². The Morgan fingerprint density at radius 3 is 2.19 bits per heavy atom. The van der Waals surface area contributed by atoms with E-state index in [9.17, 15) is 0 Å². The first-order chi connectivity index (χ1) is 28.1. The van der Waals surface area contributed by atoms with Crippen molar-refractivity contribution in [1.29, 1.82) is 0 Å². The Bertz CT molecular complexity index is 1170. The maximum atomic E-state index is 6.59. The average molecular weight is 808 g/mol. The lowest BCUT2D eigenvalue weighted by Gasteiger charge is -2.58. The van der Waals surface area contributed by atoms with Crippen molar-refractivity contribution in [3.8, 4) is 0 Å². The summed E-state index contributed by atoms with van der Waals surface area (Å²) in [5, 5.41) is 0. The molecule has 6 unspecified atom stereocenters. The second-order valence-corrected chi connectivity index (χ2v) is 21.1. The van der Waals surface area contributed by atoms with Gasteiger partial charge in [0, 0.05) is 26.4 Å². The summed E-state index contributed by atoms with van der Waals surface area (Å²) in [6.07, 6.45) is 45.4. The summed E-state index contributed by atoms with van der Waals surface area (Å²) in [5.74, 6) is 5.43. The van der Waals surface area contributed by atoms with Crippen molar-refractivity contribution in [2.45, 2.75) is 214 Å². The van der Waals surface area contributed by atoms with Gasteiger partial charge >= 0.3 is 0 Å². The standard InChI is InChI=1S/C54H97NO3/c1-9-10-11-12-13-14-15-16-17-18-19-20-21-22-23-24-38-56-43-48(42-55(7)8)58-40-26-25-39-57-47-34-36-53(5)46(41-47)30-31-49-51-33-32-50(45(4)29-27-28-44(2)3)54(51,6)37-35-52(49)53/h13-14,16-17,30,44-45,47-52H,9-12,15,18-29,31-43H2,1-8H3/b14-13-,17-16-/t45?,47-,48?,49?,50?,51?,52?,53-,54+/m0/s1. The fourth-order valence-electron chi connectivity index (χ4n) is 12.5. The van der Waals surface area contributed by atoms with Crippen LogP contribution in [0.25, 0.3) is 0 Å². The molecule has 0 N–H and O–H groups in total. The number of hydrogen-bond acceptors (Lipinski definition) is 4. The van der Waals surface area contributed by atoms with E-state index in [2.05, 4.69) is 90.9 Å². The third-order valence-corrected chi connectivity index (χ3v) is 15.9. The summed E-state index contributed by atoms with van der Waals surface area (Å²) in [5.41, 5.74) is 2.74. The molecule has 3 saturated carbocycles. The van der Waals surface area contributed by atoms with Crippen LogP contribution < -0.4 is 0 Å².